The second-order valence-corrected chi connectivity index (χ2v) is 9.20. The standard InChI is InChI=1S/C21H24N2O4S2/c1-5-10-26-15-6-8-16(9-7-15)27-21(25)14(4)28-11-17-22-19(24)18-12(2)13(3)29-20(18)23-17/h6-9,14H,5,10-11H2,1-4H3,(H,22,23,24). The highest BCUT2D eigenvalue weighted by Crippen LogP contribution is 2.27. The number of benzene rings is 1. The van der Waals surface area contributed by atoms with Crippen molar-refractivity contribution in [2.75, 3.05) is 6.61 Å². The first-order chi connectivity index (χ1) is 13.9. The van der Waals surface area contributed by atoms with E-state index in [-0.39, 0.29) is 11.5 Å². The van der Waals surface area contributed by atoms with Gasteiger partial charge >= 0.3 is 5.97 Å². The van der Waals surface area contributed by atoms with Crippen molar-refractivity contribution in [2.45, 2.75) is 45.1 Å². The van der Waals surface area contributed by atoms with Crippen LogP contribution in [0.25, 0.3) is 10.2 Å². The van der Waals surface area contributed by atoms with Crippen molar-refractivity contribution < 1.29 is 14.3 Å². The molecule has 1 atom stereocenters. The summed E-state index contributed by atoms with van der Waals surface area (Å²) in [7, 11) is 0. The van der Waals surface area contributed by atoms with Gasteiger partial charge in [0, 0.05) is 4.88 Å². The molecule has 0 spiro atoms. The summed E-state index contributed by atoms with van der Waals surface area (Å²) >= 11 is 2.89. The smallest absolute Gasteiger partial charge is 0.324 e. The molecular weight excluding hydrogens is 408 g/mol. The normalized spacial score (nSPS) is 12.1. The molecule has 3 aromatic rings. The van der Waals surface area contributed by atoms with Gasteiger partial charge in [0.05, 0.1) is 17.7 Å². The first-order valence-electron chi connectivity index (χ1n) is 9.44. The average molecular weight is 433 g/mol. The summed E-state index contributed by atoms with van der Waals surface area (Å²) in [5.41, 5.74) is 0.842. The number of nitrogens with zero attached hydrogens (tertiary/aromatic N) is 1. The van der Waals surface area contributed by atoms with E-state index in [0.717, 1.165) is 27.4 Å². The Morgan fingerprint density at radius 3 is 2.62 bits per heavy atom. The van der Waals surface area contributed by atoms with Gasteiger partial charge in [0.25, 0.3) is 5.56 Å². The van der Waals surface area contributed by atoms with Crippen molar-refractivity contribution in [3.8, 4) is 11.5 Å². The van der Waals surface area contributed by atoms with Gasteiger partial charge in [0.15, 0.2) is 0 Å². The third-order valence-electron chi connectivity index (χ3n) is 4.41. The summed E-state index contributed by atoms with van der Waals surface area (Å²) in [5.74, 6) is 1.86. The van der Waals surface area contributed by atoms with Crippen LogP contribution in [-0.2, 0) is 10.5 Å². The Hall–Kier alpha value is -2.32. The maximum absolute atomic E-state index is 12.4. The average Bonchev–Trinajstić information content (AvgIpc) is 2.99. The lowest BCUT2D eigenvalue weighted by Gasteiger charge is -2.11. The van der Waals surface area contributed by atoms with Crippen LogP contribution >= 0.6 is 23.1 Å². The number of hydrogen-bond acceptors (Lipinski definition) is 7. The lowest BCUT2D eigenvalue weighted by Crippen LogP contribution is -2.20. The van der Waals surface area contributed by atoms with Crippen molar-refractivity contribution in [2.24, 2.45) is 0 Å². The molecule has 1 N–H and O–H groups in total. The minimum atomic E-state index is -0.404. The molecule has 0 radical (unpaired) electrons. The molecule has 0 aliphatic carbocycles. The molecule has 6 nitrogen and oxygen atoms in total. The van der Waals surface area contributed by atoms with Crippen molar-refractivity contribution in [1.82, 2.24) is 9.97 Å². The fraction of sp³-hybridized carbons (Fsp3) is 0.381. The van der Waals surface area contributed by atoms with Gasteiger partial charge in [-0.2, -0.15) is 0 Å². The number of aryl methyl sites for hydroxylation is 2. The van der Waals surface area contributed by atoms with Crippen LogP contribution in [0, 0.1) is 13.8 Å². The maximum atomic E-state index is 12.4. The van der Waals surface area contributed by atoms with Crippen molar-refractivity contribution >= 4 is 39.3 Å². The van der Waals surface area contributed by atoms with Crippen LogP contribution in [0.3, 0.4) is 0 Å². The van der Waals surface area contributed by atoms with E-state index < -0.39 is 5.25 Å². The second kappa shape index (κ2) is 9.45. The number of fused-ring (bicyclic) bond motifs is 1. The van der Waals surface area contributed by atoms with Gasteiger partial charge in [-0.15, -0.1) is 23.1 Å². The Morgan fingerprint density at radius 1 is 1.24 bits per heavy atom. The number of nitrogens with one attached hydrogen (secondary N) is 1. The van der Waals surface area contributed by atoms with E-state index in [9.17, 15) is 9.59 Å². The first-order valence-corrected chi connectivity index (χ1v) is 11.3. The van der Waals surface area contributed by atoms with Crippen LogP contribution in [-0.4, -0.2) is 27.8 Å². The minimum absolute atomic E-state index is 0.131. The summed E-state index contributed by atoms with van der Waals surface area (Å²) in [6.45, 7) is 8.39. The fourth-order valence-corrected chi connectivity index (χ4v) is 4.44. The van der Waals surface area contributed by atoms with Crippen LogP contribution in [0.15, 0.2) is 29.1 Å². The molecule has 0 amide bonds. The summed E-state index contributed by atoms with van der Waals surface area (Å²) in [4.78, 5) is 33.9. The van der Waals surface area contributed by atoms with E-state index in [0.29, 0.717) is 29.3 Å². The molecule has 0 saturated heterocycles. The lowest BCUT2D eigenvalue weighted by molar-refractivity contribution is -0.133. The molecule has 29 heavy (non-hydrogen) atoms. The number of H-pyrrole nitrogens is 1. The zero-order chi connectivity index (χ0) is 21.0. The van der Waals surface area contributed by atoms with Crippen LogP contribution in [0.2, 0.25) is 0 Å². The molecule has 8 heteroatoms. The van der Waals surface area contributed by atoms with E-state index in [1.165, 1.54) is 23.1 Å². The molecule has 0 fully saturated rings. The van der Waals surface area contributed by atoms with Crippen LogP contribution in [0.5, 0.6) is 11.5 Å². The zero-order valence-electron chi connectivity index (χ0n) is 16.9. The van der Waals surface area contributed by atoms with Gasteiger partial charge in [-0.05, 0) is 57.0 Å². The number of aromatic amines is 1. The van der Waals surface area contributed by atoms with E-state index in [1.807, 2.05) is 20.8 Å². The first kappa shape index (κ1) is 21.4. The molecule has 0 bridgehead atoms. The lowest BCUT2D eigenvalue weighted by atomic mass is 10.2. The topological polar surface area (TPSA) is 81.3 Å². The fourth-order valence-electron chi connectivity index (χ4n) is 2.66. The Kier molecular flexibility index (Phi) is 6.97. The number of thioether (sulfide) groups is 1. The molecule has 2 aromatic heterocycles. The maximum Gasteiger partial charge on any atom is 0.324 e. The number of carbonyl (C=O) groups excluding carboxylic acids is 1. The molecule has 0 aliphatic rings. The Bertz CT molecular complexity index is 1060. The molecule has 1 unspecified atom stereocenters. The highest BCUT2D eigenvalue weighted by Gasteiger charge is 2.18. The highest BCUT2D eigenvalue weighted by molar-refractivity contribution is 7.99. The summed E-state index contributed by atoms with van der Waals surface area (Å²) in [6.07, 6.45) is 0.935. The van der Waals surface area contributed by atoms with Gasteiger partial charge < -0.3 is 14.5 Å². The molecular formula is C21H24N2O4S2. The minimum Gasteiger partial charge on any atom is -0.494 e. The third-order valence-corrected chi connectivity index (χ3v) is 6.64. The quantitative estimate of drug-likeness (QED) is 0.413. The summed E-state index contributed by atoms with van der Waals surface area (Å²) in [6, 6.07) is 7.00. The van der Waals surface area contributed by atoms with Crippen LogP contribution in [0.1, 0.15) is 36.5 Å². The van der Waals surface area contributed by atoms with Gasteiger partial charge in [-0.1, -0.05) is 6.92 Å². The van der Waals surface area contributed by atoms with E-state index in [1.54, 1.807) is 31.2 Å². The van der Waals surface area contributed by atoms with Crippen LogP contribution in [0.4, 0.5) is 0 Å². The Morgan fingerprint density at radius 2 is 1.93 bits per heavy atom. The van der Waals surface area contributed by atoms with E-state index >= 15 is 0 Å². The number of esters is 1. The third kappa shape index (κ3) is 5.19. The monoisotopic (exact) mass is 432 g/mol. The second-order valence-electron chi connectivity index (χ2n) is 6.67. The van der Waals surface area contributed by atoms with Gasteiger partial charge in [-0.25, -0.2) is 4.98 Å². The number of rotatable bonds is 8. The molecule has 154 valence electrons. The predicted molar refractivity (Wildman–Crippen MR) is 118 cm³/mol. The number of carbonyl (C=O) groups is 1. The summed E-state index contributed by atoms with van der Waals surface area (Å²) in [5, 5.41) is 0.249. The SMILES string of the molecule is CCCOc1ccc(OC(=O)C(C)SCc2nc3sc(C)c(C)c3c(=O)[nH]2)cc1. The molecule has 2 heterocycles. The Labute approximate surface area is 177 Å². The number of aromatic nitrogens is 2. The molecule has 0 saturated carbocycles. The van der Waals surface area contributed by atoms with Gasteiger partial charge in [0.1, 0.15) is 27.4 Å². The van der Waals surface area contributed by atoms with Crippen molar-refractivity contribution in [3.63, 3.8) is 0 Å². The largest absolute Gasteiger partial charge is 0.494 e. The van der Waals surface area contributed by atoms with E-state index in [2.05, 4.69) is 9.97 Å². The van der Waals surface area contributed by atoms with Crippen molar-refractivity contribution in [3.05, 3.63) is 50.9 Å². The summed E-state index contributed by atoms with van der Waals surface area (Å²) < 4.78 is 11.0. The number of ether oxygens (including phenoxy) is 2. The van der Waals surface area contributed by atoms with Gasteiger partial charge in [0.2, 0.25) is 0 Å². The molecule has 3 rings (SSSR count). The highest BCUT2D eigenvalue weighted by atomic mass is 32.2. The van der Waals surface area contributed by atoms with Crippen molar-refractivity contribution in [1.29, 1.82) is 0 Å². The van der Waals surface area contributed by atoms with Crippen LogP contribution < -0.4 is 15.0 Å². The molecule has 0 aliphatic heterocycles. The number of thiophene rings is 1. The van der Waals surface area contributed by atoms with Gasteiger partial charge in [-0.3, -0.25) is 9.59 Å². The predicted octanol–water partition coefficient (Wildman–Crippen LogP) is 4.62. The van der Waals surface area contributed by atoms with E-state index in [4.69, 9.17) is 9.47 Å². The number of hydrogen-bond donors (Lipinski definition) is 1. The Balaban J connectivity index is 1.58. The molecule has 1 aromatic carbocycles. The zero-order valence-corrected chi connectivity index (χ0v) is 18.5.